The van der Waals surface area contributed by atoms with Gasteiger partial charge in [0.2, 0.25) is 11.8 Å². The van der Waals surface area contributed by atoms with Crippen molar-refractivity contribution in [2.24, 2.45) is 0 Å². The summed E-state index contributed by atoms with van der Waals surface area (Å²) in [4.78, 5) is 92.8. The van der Waals surface area contributed by atoms with Crippen LogP contribution in [-0.2, 0) is 51.2 Å². The molecule has 6 N–H and O–H groups in total. The van der Waals surface area contributed by atoms with E-state index >= 15 is 0 Å². The van der Waals surface area contributed by atoms with E-state index in [1.54, 1.807) is 24.3 Å². The van der Waals surface area contributed by atoms with Crippen molar-refractivity contribution in [3.8, 4) is 11.1 Å². The Morgan fingerprint density at radius 1 is 0.329 bits per heavy atom. The minimum Gasteiger partial charge on any atom is -0.478 e. The Hall–Kier alpha value is -9.56. The monoisotopic (exact) mass is 936 g/mol. The molecule has 0 spiro atoms. The van der Waals surface area contributed by atoms with Crippen LogP contribution in [0.25, 0.3) is 11.1 Å². The molecule has 0 bridgehead atoms. The molecule has 14 heteroatoms. The lowest BCUT2D eigenvalue weighted by Gasteiger charge is -2.21. The van der Waals surface area contributed by atoms with Crippen LogP contribution in [0.15, 0.2) is 194 Å². The van der Waals surface area contributed by atoms with Gasteiger partial charge >= 0.3 is 23.9 Å². The Labute approximate surface area is 401 Å². The minimum atomic E-state index is -1.25. The number of carboxylic acids is 4. The van der Waals surface area contributed by atoms with Gasteiger partial charge in [-0.05, 0) is 92.1 Å². The second-order valence-electron chi connectivity index (χ2n) is 15.8. The molecule has 6 aromatic carbocycles. The van der Waals surface area contributed by atoms with E-state index in [-0.39, 0.29) is 36.2 Å². The lowest BCUT2D eigenvalue weighted by molar-refractivity contribution is -0.132. The van der Waals surface area contributed by atoms with Crippen LogP contribution < -0.4 is 10.6 Å². The Kier molecular flexibility index (Phi) is 16.9. The number of hydrogen-bond acceptors (Lipinski definition) is 8. The molecule has 2 amide bonds. The molecular weight excluding hydrogens is 893 g/mol. The van der Waals surface area contributed by atoms with Gasteiger partial charge in [0.15, 0.2) is 11.6 Å². The molecule has 350 valence electrons. The Bertz CT molecular complexity index is 2650. The number of amides is 2. The van der Waals surface area contributed by atoms with Gasteiger partial charge in [-0.15, -0.1) is 0 Å². The minimum absolute atomic E-state index is 0.0189. The molecule has 70 heavy (non-hydrogen) atoms. The Balaban J connectivity index is 1.29. The van der Waals surface area contributed by atoms with Gasteiger partial charge in [-0.25, -0.2) is 19.2 Å². The summed E-state index contributed by atoms with van der Waals surface area (Å²) in [5.74, 6) is -7.47. The first-order chi connectivity index (χ1) is 33.6. The van der Waals surface area contributed by atoms with Gasteiger partial charge in [-0.1, -0.05) is 121 Å². The number of carbonyl (C=O) groups excluding carboxylic acids is 4. The van der Waals surface area contributed by atoms with Crippen molar-refractivity contribution in [3.63, 3.8) is 0 Å². The molecule has 0 saturated carbocycles. The molecule has 6 rings (SSSR count). The predicted molar refractivity (Wildman–Crippen MR) is 261 cm³/mol. The summed E-state index contributed by atoms with van der Waals surface area (Å²) in [7, 11) is 0. The van der Waals surface area contributed by atoms with Crippen LogP contribution in [0.4, 0.5) is 11.4 Å². The third-order valence-electron chi connectivity index (χ3n) is 10.8. The highest BCUT2D eigenvalue weighted by Gasteiger charge is 2.20. The van der Waals surface area contributed by atoms with Gasteiger partial charge in [-0.2, -0.15) is 0 Å². The molecule has 0 unspecified atom stereocenters. The molecular formula is C56H44N2O12. The molecule has 0 atom stereocenters. The molecule has 14 nitrogen and oxygen atoms in total. The number of hydrogen-bond donors (Lipinski definition) is 6. The zero-order valence-corrected chi connectivity index (χ0v) is 37.1. The maximum absolute atomic E-state index is 12.4. The number of carbonyl (C=O) groups is 8. The van der Waals surface area contributed by atoms with Gasteiger partial charge in [0.25, 0.3) is 0 Å². The van der Waals surface area contributed by atoms with Gasteiger partial charge in [-0.3, -0.25) is 19.2 Å². The van der Waals surface area contributed by atoms with Crippen LogP contribution in [0.1, 0.15) is 56.3 Å². The lowest BCUT2D eigenvalue weighted by atomic mass is 9.83. The highest BCUT2D eigenvalue weighted by atomic mass is 16.4. The van der Waals surface area contributed by atoms with Gasteiger partial charge in [0.1, 0.15) is 0 Å². The second kappa shape index (κ2) is 23.8. The van der Waals surface area contributed by atoms with Crippen LogP contribution in [0.3, 0.4) is 0 Å². The normalized spacial score (nSPS) is 11.4. The number of aliphatic carboxylic acids is 4. The van der Waals surface area contributed by atoms with Crippen molar-refractivity contribution in [2.45, 2.75) is 24.7 Å². The lowest BCUT2D eigenvalue weighted by Crippen LogP contribution is -2.10. The Morgan fingerprint density at radius 3 is 0.843 bits per heavy atom. The molecule has 0 saturated heterocycles. The fourth-order valence-corrected chi connectivity index (χ4v) is 7.57. The Morgan fingerprint density at radius 2 is 0.571 bits per heavy atom. The molecule has 0 aliphatic carbocycles. The summed E-state index contributed by atoms with van der Waals surface area (Å²) < 4.78 is 0. The molecule has 0 aromatic heterocycles. The fourth-order valence-electron chi connectivity index (χ4n) is 7.57. The van der Waals surface area contributed by atoms with Gasteiger partial charge in [0, 0.05) is 72.5 Å². The molecule has 6 aromatic rings. The van der Waals surface area contributed by atoms with Crippen LogP contribution in [-0.4, -0.2) is 67.7 Å². The van der Waals surface area contributed by atoms with Crippen LogP contribution >= 0.6 is 0 Å². The predicted octanol–water partition coefficient (Wildman–Crippen LogP) is 8.38. The zero-order valence-electron chi connectivity index (χ0n) is 37.1. The van der Waals surface area contributed by atoms with E-state index in [4.69, 9.17) is 20.4 Å². The van der Waals surface area contributed by atoms with E-state index in [9.17, 15) is 38.4 Å². The highest BCUT2D eigenvalue weighted by Crippen LogP contribution is 2.37. The van der Waals surface area contributed by atoms with Gasteiger partial charge < -0.3 is 31.1 Å². The topological polar surface area (TPSA) is 242 Å². The van der Waals surface area contributed by atoms with E-state index in [0.717, 1.165) is 93.1 Å². The SMILES string of the molecule is O=C(O)/C=C/C(=O)Cc1ccc(C(c2ccc(CC(=O)/C=C/C(=O)O)cc2)c2ccc(-c3ccc(C(c4ccc(NC(=O)/C=C/C(=O)O)cc4)c4ccc(NC(=O)/C=C/C(=O)O)cc4)cc3)cc2)cc1. The third-order valence-corrected chi connectivity index (χ3v) is 10.8. The van der Waals surface area contributed by atoms with Crippen molar-refractivity contribution in [1.82, 2.24) is 0 Å². The van der Waals surface area contributed by atoms with Crippen LogP contribution in [0.5, 0.6) is 0 Å². The largest absolute Gasteiger partial charge is 0.478 e. The van der Waals surface area contributed by atoms with Crippen LogP contribution in [0.2, 0.25) is 0 Å². The third kappa shape index (κ3) is 14.7. The number of allylic oxidation sites excluding steroid dienone is 2. The number of nitrogens with one attached hydrogen (secondary N) is 2. The first kappa shape index (κ1) is 49.9. The molecule has 0 aliphatic heterocycles. The van der Waals surface area contributed by atoms with E-state index in [1.807, 2.05) is 121 Å². The maximum atomic E-state index is 12.4. The number of carboxylic acid groups (broad SMARTS) is 4. The molecule has 0 radical (unpaired) electrons. The molecule has 0 fully saturated rings. The van der Waals surface area contributed by atoms with Crippen molar-refractivity contribution >= 4 is 58.6 Å². The summed E-state index contributed by atoms with van der Waals surface area (Å²) in [6.07, 6.45) is 7.04. The average Bonchev–Trinajstić information content (AvgIpc) is 3.34. The number of benzene rings is 6. The first-order valence-corrected chi connectivity index (χ1v) is 21.5. The highest BCUT2D eigenvalue weighted by molar-refractivity contribution is 6.03. The van der Waals surface area contributed by atoms with Crippen molar-refractivity contribution in [1.29, 1.82) is 0 Å². The maximum Gasteiger partial charge on any atom is 0.328 e. The molecule has 0 aliphatic rings. The standard InChI is InChI=1S/C56H44N2O12/c59-47(25-29-51(63)64)33-35-1-5-39(6-2-35)55(40-7-3-36(4-8-40)34-48(60)26-30-52(65)66)41-13-9-37(10-14-41)38-11-15-42(16-12-38)56(43-17-21-45(22-18-43)57-49(61)27-31-53(67)68)44-19-23-46(24-20-44)58-50(62)28-32-54(69)70/h1-32,55-56H,33-34H2,(H,57,61)(H,58,62)(H,63,64)(H,65,66)(H,67,68)(H,69,70)/b29-25+,30-26+,31-27+,32-28+. The number of rotatable bonds is 21. The fraction of sp³-hybridized carbons (Fsp3) is 0.0714. The summed E-state index contributed by atoms with van der Waals surface area (Å²) in [5, 5.41) is 40.9. The van der Waals surface area contributed by atoms with Crippen LogP contribution in [0, 0.1) is 0 Å². The summed E-state index contributed by atoms with van der Waals surface area (Å²) in [5.41, 5.74) is 9.52. The second-order valence-corrected chi connectivity index (χ2v) is 15.8. The number of anilines is 2. The summed E-state index contributed by atoms with van der Waals surface area (Å²) in [6, 6.07) is 45.2. The quantitative estimate of drug-likeness (QED) is 0.0295. The van der Waals surface area contributed by atoms with Crippen molar-refractivity contribution in [2.75, 3.05) is 10.6 Å². The van der Waals surface area contributed by atoms with E-state index < -0.39 is 35.7 Å². The first-order valence-electron chi connectivity index (χ1n) is 21.5. The zero-order chi connectivity index (χ0) is 50.2. The summed E-state index contributed by atoms with van der Waals surface area (Å²) >= 11 is 0. The van der Waals surface area contributed by atoms with E-state index in [1.165, 1.54) is 0 Å². The van der Waals surface area contributed by atoms with E-state index in [0.29, 0.717) is 22.5 Å². The number of ketones is 2. The molecule has 0 heterocycles. The smallest absolute Gasteiger partial charge is 0.328 e. The average molecular weight is 937 g/mol. The van der Waals surface area contributed by atoms with Crippen molar-refractivity contribution < 1.29 is 58.8 Å². The summed E-state index contributed by atoms with van der Waals surface area (Å²) in [6.45, 7) is 0. The van der Waals surface area contributed by atoms with Crippen molar-refractivity contribution in [3.05, 3.63) is 239 Å². The van der Waals surface area contributed by atoms with E-state index in [2.05, 4.69) is 10.6 Å². The van der Waals surface area contributed by atoms with Gasteiger partial charge in [0.05, 0.1) is 0 Å².